The maximum Gasteiger partial charge on any atom is 0.232 e. The van der Waals surface area contributed by atoms with Gasteiger partial charge in [-0.1, -0.05) is 19.1 Å². The van der Waals surface area contributed by atoms with Crippen molar-refractivity contribution in [3.63, 3.8) is 0 Å². The van der Waals surface area contributed by atoms with Crippen LogP contribution in [0.25, 0.3) is 0 Å². The highest BCUT2D eigenvalue weighted by atomic mass is 16.5. The fourth-order valence-corrected chi connectivity index (χ4v) is 3.46. The van der Waals surface area contributed by atoms with E-state index >= 15 is 0 Å². The van der Waals surface area contributed by atoms with Crippen LogP contribution in [0.2, 0.25) is 0 Å². The molecule has 0 aliphatic carbocycles. The zero-order chi connectivity index (χ0) is 16.4. The number of hydrogen-bond donors (Lipinski definition) is 0. The van der Waals surface area contributed by atoms with Gasteiger partial charge >= 0.3 is 0 Å². The summed E-state index contributed by atoms with van der Waals surface area (Å²) in [5.41, 5.74) is 1.66. The van der Waals surface area contributed by atoms with Gasteiger partial charge in [-0.05, 0) is 30.9 Å². The second kappa shape index (κ2) is 6.71. The molecule has 1 aromatic rings. The first kappa shape index (κ1) is 16.0. The number of hydrogen-bond acceptors (Lipinski definition) is 3. The molecule has 0 bridgehead atoms. The van der Waals surface area contributed by atoms with Crippen LogP contribution in [0.1, 0.15) is 26.7 Å². The second-order valence-electron chi connectivity index (χ2n) is 6.59. The van der Waals surface area contributed by atoms with Gasteiger partial charge in [-0.25, -0.2) is 0 Å². The van der Waals surface area contributed by atoms with Gasteiger partial charge < -0.3 is 14.5 Å². The van der Waals surface area contributed by atoms with Crippen LogP contribution in [-0.4, -0.2) is 38.1 Å². The van der Waals surface area contributed by atoms with Crippen molar-refractivity contribution in [1.82, 2.24) is 0 Å². The van der Waals surface area contributed by atoms with Gasteiger partial charge in [-0.2, -0.15) is 0 Å². The standard InChI is InChI=1S/C18H24N2O3/c1-13-10-19(14(2)21)16-7-3-4-8-17(16)20(11-13)18(22)15-6-5-9-23-12-15/h3-4,7-8,13,15H,5-6,9-12H2,1-2H3/t13-,15-/m0/s1. The third-order valence-electron chi connectivity index (χ3n) is 4.61. The summed E-state index contributed by atoms with van der Waals surface area (Å²) in [6.07, 6.45) is 1.81. The van der Waals surface area contributed by atoms with Crippen molar-refractivity contribution in [2.75, 3.05) is 36.1 Å². The number of anilines is 2. The molecule has 2 aliphatic rings. The molecule has 3 rings (SSSR count). The summed E-state index contributed by atoms with van der Waals surface area (Å²) < 4.78 is 5.49. The van der Waals surface area contributed by atoms with Crippen LogP contribution in [0.4, 0.5) is 11.4 Å². The molecule has 1 saturated heterocycles. The van der Waals surface area contributed by atoms with E-state index in [0.717, 1.165) is 30.8 Å². The predicted molar refractivity (Wildman–Crippen MR) is 89.5 cm³/mol. The molecule has 2 heterocycles. The first-order valence-corrected chi connectivity index (χ1v) is 8.34. The van der Waals surface area contributed by atoms with E-state index in [0.29, 0.717) is 19.7 Å². The molecule has 5 nitrogen and oxygen atoms in total. The van der Waals surface area contributed by atoms with Gasteiger partial charge in [0.2, 0.25) is 11.8 Å². The van der Waals surface area contributed by atoms with Gasteiger partial charge in [0, 0.05) is 26.6 Å². The lowest BCUT2D eigenvalue weighted by atomic mass is 9.99. The first-order chi connectivity index (χ1) is 11.1. The Balaban J connectivity index is 1.96. The van der Waals surface area contributed by atoms with Crippen molar-refractivity contribution in [3.05, 3.63) is 24.3 Å². The normalized spacial score (nSPS) is 24.8. The molecule has 2 aliphatic heterocycles. The molecule has 23 heavy (non-hydrogen) atoms. The van der Waals surface area contributed by atoms with Crippen LogP contribution in [0.5, 0.6) is 0 Å². The van der Waals surface area contributed by atoms with E-state index in [2.05, 4.69) is 6.92 Å². The summed E-state index contributed by atoms with van der Waals surface area (Å²) in [7, 11) is 0. The van der Waals surface area contributed by atoms with E-state index in [1.165, 1.54) is 0 Å². The van der Waals surface area contributed by atoms with Crippen LogP contribution in [0.3, 0.4) is 0 Å². The Kier molecular flexibility index (Phi) is 4.66. The van der Waals surface area contributed by atoms with Crippen molar-refractivity contribution in [2.24, 2.45) is 11.8 Å². The number of benzene rings is 1. The van der Waals surface area contributed by atoms with Crippen LogP contribution in [0, 0.1) is 11.8 Å². The number of ether oxygens (including phenoxy) is 1. The molecule has 1 fully saturated rings. The minimum absolute atomic E-state index is 0.0135. The number of amides is 2. The lowest BCUT2D eigenvalue weighted by Gasteiger charge is -2.30. The minimum atomic E-state index is -0.0760. The number of fused-ring (bicyclic) bond motifs is 1. The average Bonchev–Trinajstić information content (AvgIpc) is 2.72. The van der Waals surface area contributed by atoms with Crippen molar-refractivity contribution < 1.29 is 14.3 Å². The highest BCUT2D eigenvalue weighted by molar-refractivity contribution is 6.03. The predicted octanol–water partition coefficient (Wildman–Crippen LogP) is 2.45. The number of carbonyl (C=O) groups excluding carboxylic acids is 2. The van der Waals surface area contributed by atoms with Crippen LogP contribution in [0.15, 0.2) is 24.3 Å². The molecule has 2 amide bonds. The maximum atomic E-state index is 13.0. The number of carbonyl (C=O) groups is 2. The molecule has 0 radical (unpaired) electrons. The number of para-hydroxylation sites is 2. The molecule has 1 aromatic carbocycles. The highest BCUT2D eigenvalue weighted by Crippen LogP contribution is 2.35. The summed E-state index contributed by atoms with van der Waals surface area (Å²) in [5, 5.41) is 0. The smallest absolute Gasteiger partial charge is 0.232 e. The topological polar surface area (TPSA) is 49.9 Å². The quantitative estimate of drug-likeness (QED) is 0.799. The van der Waals surface area contributed by atoms with Gasteiger partial charge in [-0.15, -0.1) is 0 Å². The fraction of sp³-hybridized carbons (Fsp3) is 0.556. The van der Waals surface area contributed by atoms with Gasteiger partial charge in [0.15, 0.2) is 0 Å². The molecular formula is C18H24N2O3. The largest absolute Gasteiger partial charge is 0.381 e. The number of nitrogens with zero attached hydrogens (tertiary/aromatic N) is 2. The van der Waals surface area contributed by atoms with Crippen LogP contribution >= 0.6 is 0 Å². The summed E-state index contributed by atoms with van der Waals surface area (Å²) >= 11 is 0. The number of rotatable bonds is 1. The third-order valence-corrected chi connectivity index (χ3v) is 4.61. The Morgan fingerprint density at radius 2 is 1.78 bits per heavy atom. The fourth-order valence-electron chi connectivity index (χ4n) is 3.46. The summed E-state index contributed by atoms with van der Waals surface area (Å²) in [5.74, 6) is 0.279. The molecule has 0 aromatic heterocycles. The Bertz CT molecular complexity index is 596. The van der Waals surface area contributed by atoms with Gasteiger partial charge in [0.05, 0.1) is 23.9 Å². The molecular weight excluding hydrogens is 292 g/mol. The van der Waals surface area contributed by atoms with E-state index in [1.54, 1.807) is 11.8 Å². The van der Waals surface area contributed by atoms with E-state index in [4.69, 9.17) is 4.74 Å². The minimum Gasteiger partial charge on any atom is -0.381 e. The van der Waals surface area contributed by atoms with E-state index in [-0.39, 0.29) is 23.7 Å². The van der Waals surface area contributed by atoms with Crippen LogP contribution < -0.4 is 9.80 Å². The monoisotopic (exact) mass is 316 g/mol. The second-order valence-corrected chi connectivity index (χ2v) is 6.59. The van der Waals surface area contributed by atoms with Crippen molar-refractivity contribution in [2.45, 2.75) is 26.7 Å². The third kappa shape index (κ3) is 3.24. The molecule has 2 atom stereocenters. The molecule has 0 N–H and O–H groups in total. The van der Waals surface area contributed by atoms with Gasteiger partial charge in [0.1, 0.15) is 0 Å². The summed E-state index contributed by atoms with van der Waals surface area (Å²) in [6.45, 7) is 6.18. The Hall–Kier alpha value is -1.88. The molecule has 0 saturated carbocycles. The van der Waals surface area contributed by atoms with Crippen molar-refractivity contribution in [1.29, 1.82) is 0 Å². The highest BCUT2D eigenvalue weighted by Gasteiger charge is 2.33. The summed E-state index contributed by atoms with van der Waals surface area (Å²) in [6, 6.07) is 7.69. The average molecular weight is 316 g/mol. The Morgan fingerprint density at radius 3 is 2.39 bits per heavy atom. The van der Waals surface area contributed by atoms with Crippen molar-refractivity contribution >= 4 is 23.2 Å². The van der Waals surface area contributed by atoms with Crippen LogP contribution in [-0.2, 0) is 14.3 Å². The van der Waals surface area contributed by atoms with Gasteiger partial charge in [-0.3, -0.25) is 9.59 Å². The maximum absolute atomic E-state index is 13.0. The molecule has 124 valence electrons. The van der Waals surface area contributed by atoms with Gasteiger partial charge in [0.25, 0.3) is 0 Å². The zero-order valence-corrected chi connectivity index (χ0v) is 13.8. The van der Waals surface area contributed by atoms with Crippen molar-refractivity contribution in [3.8, 4) is 0 Å². The van der Waals surface area contributed by atoms with E-state index in [9.17, 15) is 9.59 Å². The first-order valence-electron chi connectivity index (χ1n) is 8.34. The Labute approximate surface area is 137 Å². The van der Waals surface area contributed by atoms with E-state index < -0.39 is 0 Å². The zero-order valence-electron chi connectivity index (χ0n) is 13.8. The lowest BCUT2D eigenvalue weighted by Crippen LogP contribution is -2.41. The van der Waals surface area contributed by atoms with E-state index in [1.807, 2.05) is 29.2 Å². The molecule has 0 unspecified atom stereocenters. The molecule has 0 spiro atoms. The Morgan fingerprint density at radius 1 is 1.13 bits per heavy atom. The SMILES string of the molecule is CC(=O)N1C[C@H](C)CN(C(=O)[C@H]2CCCOC2)c2ccccc21. The lowest BCUT2D eigenvalue weighted by molar-refractivity contribution is -0.126. The summed E-state index contributed by atoms with van der Waals surface area (Å²) in [4.78, 5) is 28.7. The molecule has 5 heteroatoms.